The van der Waals surface area contributed by atoms with Crippen LogP contribution in [0.15, 0.2) is 0 Å². The quantitative estimate of drug-likeness (QED) is 0.542. The maximum Gasteiger partial charge on any atom is 0.283 e. The summed E-state index contributed by atoms with van der Waals surface area (Å²) in [5.74, 6) is -0.622. The van der Waals surface area contributed by atoms with Crippen LogP contribution in [-0.2, 0) is 9.53 Å². The standard InChI is InChI=1S/C13H18ClF4N3O2/c1-3-23-6-4-5-19-13(22)7(2)21-10(12(17)18)8(14)9(20-21)11(15)16/h7,11-12H,3-6H2,1-2H3,(H,19,22). The summed E-state index contributed by atoms with van der Waals surface area (Å²) in [6.45, 7) is 4.36. The number of hydrogen-bond donors (Lipinski definition) is 1. The van der Waals surface area contributed by atoms with Gasteiger partial charge in [-0.1, -0.05) is 11.6 Å². The summed E-state index contributed by atoms with van der Waals surface area (Å²) in [6, 6.07) is -1.20. The van der Waals surface area contributed by atoms with Crippen molar-refractivity contribution < 1.29 is 27.1 Å². The molecule has 10 heteroatoms. The molecule has 0 saturated carbocycles. The van der Waals surface area contributed by atoms with Crippen molar-refractivity contribution in [2.75, 3.05) is 19.8 Å². The lowest BCUT2D eigenvalue weighted by Gasteiger charge is -2.15. The number of aromatic nitrogens is 2. The normalized spacial score (nSPS) is 12.9. The molecule has 23 heavy (non-hydrogen) atoms. The van der Waals surface area contributed by atoms with Crippen LogP contribution in [0.3, 0.4) is 0 Å². The number of hydrogen-bond acceptors (Lipinski definition) is 3. The Labute approximate surface area is 135 Å². The molecule has 1 unspecified atom stereocenters. The van der Waals surface area contributed by atoms with E-state index in [1.165, 1.54) is 6.92 Å². The molecule has 1 aromatic heterocycles. The van der Waals surface area contributed by atoms with Gasteiger partial charge in [-0.15, -0.1) is 0 Å². The maximum atomic E-state index is 13.0. The number of carbonyl (C=O) groups is 1. The van der Waals surface area contributed by atoms with Crippen LogP contribution in [0.1, 0.15) is 50.5 Å². The van der Waals surface area contributed by atoms with Crippen molar-refractivity contribution in [3.05, 3.63) is 16.4 Å². The molecule has 0 fully saturated rings. The third kappa shape index (κ3) is 5.07. The van der Waals surface area contributed by atoms with E-state index < -0.39 is 41.2 Å². The topological polar surface area (TPSA) is 56.1 Å². The van der Waals surface area contributed by atoms with E-state index >= 15 is 0 Å². The minimum atomic E-state index is -3.13. The molecule has 1 amide bonds. The van der Waals surface area contributed by atoms with Gasteiger partial charge in [-0.05, 0) is 20.3 Å². The third-order valence-electron chi connectivity index (χ3n) is 3.04. The molecule has 0 aliphatic carbocycles. The van der Waals surface area contributed by atoms with Crippen molar-refractivity contribution >= 4 is 17.5 Å². The fraction of sp³-hybridized carbons (Fsp3) is 0.692. The van der Waals surface area contributed by atoms with Crippen molar-refractivity contribution in [2.24, 2.45) is 0 Å². The van der Waals surface area contributed by atoms with E-state index in [1.54, 1.807) is 0 Å². The molecule has 1 atom stereocenters. The van der Waals surface area contributed by atoms with E-state index in [0.717, 1.165) is 0 Å². The summed E-state index contributed by atoms with van der Waals surface area (Å²) in [4.78, 5) is 12.0. The molecule has 0 aliphatic heterocycles. The van der Waals surface area contributed by atoms with Crippen LogP contribution in [0.4, 0.5) is 17.6 Å². The number of rotatable bonds is 9. The molecular formula is C13H18ClF4N3O2. The van der Waals surface area contributed by atoms with Gasteiger partial charge in [0.15, 0.2) is 0 Å². The highest BCUT2D eigenvalue weighted by Gasteiger charge is 2.31. The molecule has 5 nitrogen and oxygen atoms in total. The number of halogens is 5. The lowest BCUT2D eigenvalue weighted by Crippen LogP contribution is -2.33. The highest BCUT2D eigenvalue weighted by atomic mass is 35.5. The molecular weight excluding hydrogens is 342 g/mol. The fourth-order valence-electron chi connectivity index (χ4n) is 1.86. The zero-order valence-electron chi connectivity index (χ0n) is 12.7. The summed E-state index contributed by atoms with van der Waals surface area (Å²) >= 11 is 5.54. The van der Waals surface area contributed by atoms with Gasteiger partial charge < -0.3 is 10.1 Å². The van der Waals surface area contributed by atoms with Gasteiger partial charge in [0, 0.05) is 19.8 Å². The Hall–Kier alpha value is -1.35. The van der Waals surface area contributed by atoms with E-state index in [0.29, 0.717) is 24.3 Å². The molecule has 0 spiro atoms. The average molecular weight is 360 g/mol. The highest BCUT2D eigenvalue weighted by Crippen LogP contribution is 2.36. The molecule has 0 saturated heterocycles. The summed E-state index contributed by atoms with van der Waals surface area (Å²) in [5, 5.41) is 5.07. The first-order valence-electron chi connectivity index (χ1n) is 7.00. The van der Waals surface area contributed by atoms with E-state index in [-0.39, 0.29) is 6.54 Å². The SMILES string of the molecule is CCOCCCNC(=O)C(C)n1nc(C(F)F)c(Cl)c1C(F)F. The molecule has 132 valence electrons. The molecule has 0 aliphatic rings. The number of carbonyl (C=O) groups excluding carboxylic acids is 1. The zero-order valence-corrected chi connectivity index (χ0v) is 13.4. The second kappa shape index (κ2) is 9.07. The van der Waals surface area contributed by atoms with E-state index in [4.69, 9.17) is 16.3 Å². The average Bonchev–Trinajstić information content (AvgIpc) is 2.83. The van der Waals surface area contributed by atoms with Crippen LogP contribution in [-0.4, -0.2) is 35.4 Å². The smallest absolute Gasteiger partial charge is 0.283 e. The molecule has 1 heterocycles. The van der Waals surface area contributed by atoms with Gasteiger partial charge in [0.2, 0.25) is 5.91 Å². The number of nitrogens with one attached hydrogen (secondary N) is 1. The Bertz CT molecular complexity index is 526. The van der Waals surface area contributed by atoms with Gasteiger partial charge in [-0.2, -0.15) is 5.10 Å². The number of nitrogens with zero attached hydrogens (tertiary/aromatic N) is 2. The summed E-state index contributed by atoms with van der Waals surface area (Å²) in [7, 11) is 0. The summed E-state index contributed by atoms with van der Waals surface area (Å²) in [5.41, 5.74) is -1.85. The van der Waals surface area contributed by atoms with E-state index in [1.807, 2.05) is 6.92 Å². The van der Waals surface area contributed by atoms with Crippen molar-refractivity contribution in [1.29, 1.82) is 0 Å². The number of ether oxygens (including phenoxy) is 1. The molecule has 1 N–H and O–H groups in total. The first-order valence-corrected chi connectivity index (χ1v) is 7.38. The molecule has 0 aromatic carbocycles. The van der Waals surface area contributed by atoms with Gasteiger partial charge in [-0.3, -0.25) is 4.79 Å². The lowest BCUT2D eigenvalue weighted by atomic mass is 10.3. The predicted octanol–water partition coefficient (Wildman–Crippen LogP) is 3.52. The number of alkyl halides is 4. The minimum Gasteiger partial charge on any atom is -0.382 e. The monoisotopic (exact) mass is 359 g/mol. The predicted molar refractivity (Wildman–Crippen MR) is 76.0 cm³/mol. The lowest BCUT2D eigenvalue weighted by molar-refractivity contribution is -0.124. The molecule has 1 rings (SSSR count). The first-order chi connectivity index (χ1) is 10.8. The van der Waals surface area contributed by atoms with Gasteiger partial charge in [-0.25, -0.2) is 22.2 Å². The van der Waals surface area contributed by atoms with Crippen LogP contribution in [0.5, 0.6) is 0 Å². The van der Waals surface area contributed by atoms with Crippen molar-refractivity contribution in [1.82, 2.24) is 15.1 Å². The fourth-order valence-corrected chi connectivity index (χ4v) is 2.15. The minimum absolute atomic E-state index is 0.268. The Morgan fingerprint density at radius 2 is 2.00 bits per heavy atom. The Morgan fingerprint density at radius 1 is 1.35 bits per heavy atom. The van der Waals surface area contributed by atoms with E-state index in [9.17, 15) is 22.4 Å². The van der Waals surface area contributed by atoms with Crippen LogP contribution in [0.25, 0.3) is 0 Å². The summed E-state index contributed by atoms with van der Waals surface area (Å²) < 4.78 is 57.2. The highest BCUT2D eigenvalue weighted by molar-refractivity contribution is 6.32. The Balaban J connectivity index is 2.84. The van der Waals surface area contributed by atoms with Crippen molar-refractivity contribution in [2.45, 2.75) is 39.2 Å². The van der Waals surface area contributed by atoms with Crippen LogP contribution in [0.2, 0.25) is 5.02 Å². The first kappa shape index (κ1) is 19.7. The van der Waals surface area contributed by atoms with Gasteiger partial charge in [0.25, 0.3) is 12.9 Å². The molecule has 0 bridgehead atoms. The van der Waals surface area contributed by atoms with Crippen LogP contribution < -0.4 is 5.32 Å². The van der Waals surface area contributed by atoms with Crippen LogP contribution in [0, 0.1) is 0 Å². The molecule has 0 radical (unpaired) electrons. The zero-order chi connectivity index (χ0) is 17.6. The third-order valence-corrected chi connectivity index (χ3v) is 3.43. The van der Waals surface area contributed by atoms with Gasteiger partial charge in [0.1, 0.15) is 17.4 Å². The second-order valence-electron chi connectivity index (χ2n) is 4.65. The van der Waals surface area contributed by atoms with Gasteiger partial charge >= 0.3 is 0 Å². The Morgan fingerprint density at radius 3 is 2.52 bits per heavy atom. The van der Waals surface area contributed by atoms with Crippen molar-refractivity contribution in [3.8, 4) is 0 Å². The number of amides is 1. The Kier molecular flexibility index (Phi) is 7.77. The van der Waals surface area contributed by atoms with Crippen LogP contribution >= 0.6 is 11.6 Å². The van der Waals surface area contributed by atoms with Gasteiger partial charge in [0.05, 0.1) is 5.02 Å². The second-order valence-corrected chi connectivity index (χ2v) is 5.03. The van der Waals surface area contributed by atoms with Crippen molar-refractivity contribution in [3.63, 3.8) is 0 Å². The maximum absolute atomic E-state index is 13.0. The molecule has 1 aromatic rings. The largest absolute Gasteiger partial charge is 0.382 e. The van der Waals surface area contributed by atoms with E-state index in [2.05, 4.69) is 10.4 Å². The summed E-state index contributed by atoms with van der Waals surface area (Å²) in [6.07, 6.45) is -5.70.